The lowest BCUT2D eigenvalue weighted by Crippen LogP contribution is -1.95. The fourth-order valence-electron chi connectivity index (χ4n) is 4.45. The zero-order valence-corrected chi connectivity index (χ0v) is 24.1. The average molecular weight is 601 g/mol. The predicted octanol–water partition coefficient (Wildman–Crippen LogP) is 7.50. The summed E-state index contributed by atoms with van der Waals surface area (Å²) in [6, 6.07) is 33.4. The molecule has 2 heterocycles. The second kappa shape index (κ2) is 14.1. The van der Waals surface area contributed by atoms with E-state index in [1.165, 1.54) is 0 Å². The molecule has 0 aliphatic rings. The predicted molar refractivity (Wildman–Crippen MR) is 165 cm³/mol. The van der Waals surface area contributed by atoms with Crippen LogP contribution in [0.4, 0.5) is 0 Å². The number of aldehydes is 2. The number of hydrogen-bond acceptors (Lipinski definition) is 9. The molecule has 0 saturated heterocycles. The van der Waals surface area contributed by atoms with Crippen molar-refractivity contribution in [1.82, 2.24) is 10.3 Å². The molecule has 0 atom stereocenters. The van der Waals surface area contributed by atoms with Gasteiger partial charge in [0.05, 0.1) is 0 Å². The number of ether oxygens (including phenoxy) is 3. The molecule has 224 valence electrons. The van der Waals surface area contributed by atoms with E-state index < -0.39 is 0 Å². The van der Waals surface area contributed by atoms with Crippen molar-refractivity contribution in [2.75, 3.05) is 0 Å². The lowest BCUT2D eigenvalue weighted by Gasteiger charge is -2.07. The van der Waals surface area contributed by atoms with Crippen molar-refractivity contribution in [2.24, 2.45) is 0 Å². The van der Waals surface area contributed by atoms with Gasteiger partial charge in [0, 0.05) is 34.4 Å². The Bertz CT molecular complexity index is 1700. The molecule has 2 aromatic heterocycles. The zero-order chi connectivity index (χ0) is 30.8. The second-order valence-corrected chi connectivity index (χ2v) is 10.2. The first kappa shape index (κ1) is 29.3. The Balaban J connectivity index is 0.951. The number of rotatable bonds is 14. The molecule has 0 aliphatic carbocycles. The molecule has 45 heavy (non-hydrogen) atoms. The summed E-state index contributed by atoms with van der Waals surface area (Å²) in [5.74, 6) is 2.61. The van der Waals surface area contributed by atoms with Crippen LogP contribution < -0.4 is 9.47 Å². The lowest BCUT2D eigenvalue weighted by atomic mass is 10.1. The molecule has 6 rings (SSSR count). The first-order valence-electron chi connectivity index (χ1n) is 14.2. The van der Waals surface area contributed by atoms with Crippen molar-refractivity contribution >= 4 is 12.6 Å². The van der Waals surface area contributed by atoms with Crippen molar-refractivity contribution in [3.05, 3.63) is 143 Å². The Hall–Kier alpha value is -5.80. The molecule has 0 radical (unpaired) electrons. The van der Waals surface area contributed by atoms with Gasteiger partial charge in [0.2, 0.25) is 0 Å². The van der Waals surface area contributed by atoms with Crippen molar-refractivity contribution in [2.45, 2.75) is 26.4 Å². The molecule has 0 unspecified atom stereocenters. The van der Waals surface area contributed by atoms with Gasteiger partial charge >= 0.3 is 0 Å². The second-order valence-electron chi connectivity index (χ2n) is 10.2. The van der Waals surface area contributed by atoms with Crippen LogP contribution in [0.1, 0.15) is 43.4 Å². The third kappa shape index (κ3) is 7.78. The highest BCUT2D eigenvalue weighted by Gasteiger charge is 2.11. The Morgan fingerprint density at radius 1 is 0.511 bits per heavy atom. The maximum Gasteiger partial charge on any atom is 0.163 e. The standard InChI is InChI=1S/C36H28N2O7/c39-19-25-1-5-27(6-2-25)21-42-31-13-9-29(10-14-31)35-17-33(44-37-35)23-41-24-34-18-36(38-45-34)30-11-15-32(16-12-30)43-22-28-7-3-26(20-40)4-8-28/h1-20H,21-24H2. The highest BCUT2D eigenvalue weighted by Crippen LogP contribution is 2.25. The summed E-state index contributed by atoms with van der Waals surface area (Å²) >= 11 is 0. The normalized spacial score (nSPS) is 10.8. The minimum absolute atomic E-state index is 0.219. The topological polar surface area (TPSA) is 114 Å². The number of carbonyl (C=O) groups excluding carboxylic acids is 2. The molecule has 4 aromatic carbocycles. The third-order valence-electron chi connectivity index (χ3n) is 6.95. The average Bonchev–Trinajstić information content (AvgIpc) is 3.78. The first-order valence-corrected chi connectivity index (χ1v) is 14.2. The number of carbonyl (C=O) groups is 2. The van der Waals surface area contributed by atoms with Gasteiger partial charge < -0.3 is 23.3 Å². The minimum Gasteiger partial charge on any atom is -0.489 e. The summed E-state index contributed by atoms with van der Waals surface area (Å²) in [6.45, 7) is 1.24. The van der Waals surface area contributed by atoms with Gasteiger partial charge in [-0.1, -0.05) is 58.8 Å². The van der Waals surface area contributed by atoms with Crippen LogP contribution in [-0.4, -0.2) is 22.9 Å². The summed E-state index contributed by atoms with van der Waals surface area (Å²) in [7, 11) is 0. The van der Waals surface area contributed by atoms with E-state index in [1.807, 2.05) is 84.9 Å². The SMILES string of the molecule is O=Cc1ccc(COc2ccc(-c3cc(COCc4cc(-c5ccc(OCc6ccc(C=O)cc6)cc5)no4)on3)cc2)cc1. The molecule has 0 spiro atoms. The van der Waals surface area contributed by atoms with Gasteiger partial charge in [-0.25, -0.2) is 0 Å². The van der Waals surface area contributed by atoms with Crippen molar-refractivity contribution in [3.8, 4) is 34.0 Å². The summed E-state index contributed by atoms with van der Waals surface area (Å²) < 4.78 is 28.4. The minimum atomic E-state index is 0.219. The fourth-order valence-corrected chi connectivity index (χ4v) is 4.45. The van der Waals surface area contributed by atoms with Gasteiger partial charge in [0.1, 0.15) is 61.9 Å². The monoisotopic (exact) mass is 600 g/mol. The molecule has 0 fully saturated rings. The van der Waals surface area contributed by atoms with Crippen molar-refractivity contribution in [3.63, 3.8) is 0 Å². The summed E-state index contributed by atoms with van der Waals surface area (Å²) in [6.07, 6.45) is 1.63. The zero-order valence-electron chi connectivity index (χ0n) is 24.1. The molecule has 0 N–H and O–H groups in total. The van der Waals surface area contributed by atoms with E-state index in [0.29, 0.717) is 47.2 Å². The highest BCUT2D eigenvalue weighted by molar-refractivity contribution is 5.75. The third-order valence-corrected chi connectivity index (χ3v) is 6.95. The Morgan fingerprint density at radius 2 is 0.911 bits per heavy atom. The first-order chi connectivity index (χ1) is 22.1. The van der Waals surface area contributed by atoms with E-state index in [4.69, 9.17) is 23.3 Å². The van der Waals surface area contributed by atoms with E-state index in [-0.39, 0.29) is 13.2 Å². The number of nitrogens with zero attached hydrogens (tertiary/aromatic N) is 2. The van der Waals surface area contributed by atoms with Crippen LogP contribution in [0.2, 0.25) is 0 Å². The smallest absolute Gasteiger partial charge is 0.163 e. The molecule has 0 saturated carbocycles. The molecule has 0 aliphatic heterocycles. The van der Waals surface area contributed by atoms with Gasteiger partial charge in [0.15, 0.2) is 11.5 Å². The van der Waals surface area contributed by atoms with E-state index in [0.717, 1.165) is 46.3 Å². The lowest BCUT2D eigenvalue weighted by molar-refractivity contribution is 0.0727. The van der Waals surface area contributed by atoms with Gasteiger partial charge in [-0.15, -0.1) is 0 Å². The molecule has 9 nitrogen and oxygen atoms in total. The highest BCUT2D eigenvalue weighted by atomic mass is 16.5. The fraction of sp³-hybridized carbons (Fsp3) is 0.111. The van der Waals surface area contributed by atoms with Crippen molar-refractivity contribution < 1.29 is 32.8 Å². The van der Waals surface area contributed by atoms with Gasteiger partial charge in [0.25, 0.3) is 0 Å². The van der Waals surface area contributed by atoms with E-state index in [9.17, 15) is 9.59 Å². The summed E-state index contributed by atoms with van der Waals surface area (Å²) in [4.78, 5) is 21.6. The van der Waals surface area contributed by atoms with Gasteiger partial charge in [-0.2, -0.15) is 0 Å². The maximum atomic E-state index is 10.8. The van der Waals surface area contributed by atoms with Crippen LogP contribution >= 0.6 is 0 Å². The molecule has 9 heteroatoms. The van der Waals surface area contributed by atoms with Crippen LogP contribution in [-0.2, 0) is 31.2 Å². The quantitative estimate of drug-likeness (QED) is 0.117. The number of aromatic nitrogens is 2. The van der Waals surface area contributed by atoms with Crippen LogP contribution in [0.15, 0.2) is 118 Å². The Kier molecular flexibility index (Phi) is 9.18. The molecular weight excluding hydrogens is 572 g/mol. The summed E-state index contributed by atoms with van der Waals surface area (Å²) in [5.41, 5.74) is 6.37. The van der Waals surface area contributed by atoms with E-state index >= 15 is 0 Å². The Labute approximate surface area is 259 Å². The van der Waals surface area contributed by atoms with Crippen molar-refractivity contribution in [1.29, 1.82) is 0 Å². The van der Waals surface area contributed by atoms with Gasteiger partial charge in [-0.3, -0.25) is 9.59 Å². The van der Waals surface area contributed by atoms with E-state index in [1.54, 1.807) is 24.3 Å². The van der Waals surface area contributed by atoms with Crippen LogP contribution in [0.25, 0.3) is 22.5 Å². The van der Waals surface area contributed by atoms with E-state index in [2.05, 4.69) is 10.3 Å². The largest absolute Gasteiger partial charge is 0.489 e. The molecular formula is C36H28N2O7. The Morgan fingerprint density at radius 3 is 1.29 bits per heavy atom. The number of hydrogen-bond donors (Lipinski definition) is 0. The maximum absolute atomic E-state index is 10.8. The van der Waals surface area contributed by atoms with Gasteiger partial charge in [-0.05, 0) is 59.7 Å². The number of benzene rings is 4. The molecule has 6 aromatic rings. The molecule has 0 bridgehead atoms. The van der Waals surface area contributed by atoms with Crippen LogP contribution in [0.3, 0.4) is 0 Å². The summed E-state index contributed by atoms with van der Waals surface area (Å²) in [5, 5.41) is 8.31. The van der Waals surface area contributed by atoms with Crippen LogP contribution in [0.5, 0.6) is 11.5 Å². The molecule has 0 amide bonds. The van der Waals surface area contributed by atoms with Crippen LogP contribution in [0, 0.1) is 0 Å².